The predicted molar refractivity (Wildman–Crippen MR) is 105 cm³/mol. The number of hydrogen-bond donors (Lipinski definition) is 1. The molecule has 0 radical (unpaired) electrons. The second kappa shape index (κ2) is 8.72. The zero-order valence-electron chi connectivity index (χ0n) is 14.6. The van der Waals surface area contributed by atoms with E-state index in [0.29, 0.717) is 35.1 Å². The van der Waals surface area contributed by atoms with E-state index in [-0.39, 0.29) is 24.1 Å². The van der Waals surface area contributed by atoms with E-state index in [2.05, 4.69) is 5.32 Å². The molecule has 4 nitrogen and oxygen atoms in total. The summed E-state index contributed by atoms with van der Waals surface area (Å²) in [5, 5.41) is 3.64. The van der Waals surface area contributed by atoms with E-state index in [1.165, 1.54) is 12.1 Å². The Labute approximate surface area is 167 Å². The number of nitrogens with one attached hydrogen (secondary N) is 1. The van der Waals surface area contributed by atoms with Crippen LogP contribution in [0.1, 0.15) is 24.8 Å². The number of halogens is 3. The maximum absolute atomic E-state index is 13.0. The van der Waals surface area contributed by atoms with Crippen molar-refractivity contribution in [3.63, 3.8) is 0 Å². The van der Waals surface area contributed by atoms with Crippen molar-refractivity contribution in [2.45, 2.75) is 31.7 Å². The molecule has 1 aliphatic heterocycles. The van der Waals surface area contributed by atoms with Gasteiger partial charge in [-0.15, -0.1) is 0 Å². The van der Waals surface area contributed by atoms with Gasteiger partial charge in [-0.25, -0.2) is 4.39 Å². The van der Waals surface area contributed by atoms with Crippen LogP contribution in [0.4, 0.5) is 10.1 Å². The van der Waals surface area contributed by atoms with Crippen molar-refractivity contribution < 1.29 is 14.0 Å². The first-order valence-corrected chi connectivity index (χ1v) is 9.49. The molecule has 1 N–H and O–H groups in total. The molecule has 2 amide bonds. The lowest BCUT2D eigenvalue weighted by Crippen LogP contribution is -2.43. The molecular weight excluding hydrogens is 390 g/mol. The van der Waals surface area contributed by atoms with E-state index >= 15 is 0 Å². The minimum absolute atomic E-state index is 0.0823. The molecule has 1 heterocycles. The summed E-state index contributed by atoms with van der Waals surface area (Å²) in [6.45, 7) is 0.552. The second-order valence-corrected chi connectivity index (χ2v) is 7.39. The highest BCUT2D eigenvalue weighted by atomic mass is 35.5. The molecule has 2 aromatic carbocycles. The fraction of sp³-hybridized carbons (Fsp3) is 0.300. The standard InChI is InChI=1S/C20H19Cl2FN2O2/c21-14-10-15(22)12-17(11-14)24-20(27)18-2-1-9-25(18)19(26)8-5-13-3-6-16(23)7-4-13/h3-4,6-7,10-12,18H,1-2,5,8-9H2,(H,24,27). The van der Waals surface area contributed by atoms with Gasteiger partial charge in [-0.1, -0.05) is 35.3 Å². The van der Waals surface area contributed by atoms with Gasteiger partial charge in [0.1, 0.15) is 11.9 Å². The Hall–Kier alpha value is -2.11. The molecule has 142 valence electrons. The summed E-state index contributed by atoms with van der Waals surface area (Å²) in [4.78, 5) is 26.8. The van der Waals surface area contributed by atoms with Gasteiger partial charge in [0.2, 0.25) is 11.8 Å². The largest absolute Gasteiger partial charge is 0.331 e. The number of amides is 2. The van der Waals surface area contributed by atoms with Crippen LogP contribution >= 0.6 is 23.2 Å². The lowest BCUT2D eigenvalue weighted by atomic mass is 10.1. The van der Waals surface area contributed by atoms with E-state index in [0.717, 1.165) is 12.0 Å². The summed E-state index contributed by atoms with van der Waals surface area (Å²) in [6, 6.07) is 10.4. The fourth-order valence-electron chi connectivity index (χ4n) is 3.24. The molecule has 1 aliphatic rings. The average molecular weight is 409 g/mol. The maximum atomic E-state index is 13.0. The number of anilines is 1. The second-order valence-electron chi connectivity index (χ2n) is 6.52. The van der Waals surface area contributed by atoms with Crippen molar-refractivity contribution in [2.75, 3.05) is 11.9 Å². The van der Waals surface area contributed by atoms with E-state index < -0.39 is 6.04 Å². The highest BCUT2D eigenvalue weighted by molar-refractivity contribution is 6.35. The van der Waals surface area contributed by atoms with Crippen LogP contribution in [0.2, 0.25) is 10.0 Å². The fourth-order valence-corrected chi connectivity index (χ4v) is 3.76. The Morgan fingerprint density at radius 2 is 1.78 bits per heavy atom. The molecule has 2 aromatic rings. The van der Waals surface area contributed by atoms with Gasteiger partial charge >= 0.3 is 0 Å². The molecule has 1 unspecified atom stereocenters. The molecule has 0 saturated carbocycles. The summed E-state index contributed by atoms with van der Waals surface area (Å²) in [6.07, 6.45) is 2.17. The van der Waals surface area contributed by atoms with Crippen molar-refractivity contribution in [1.82, 2.24) is 4.90 Å². The lowest BCUT2D eigenvalue weighted by Gasteiger charge is -2.24. The number of benzene rings is 2. The third-order valence-corrected chi connectivity index (χ3v) is 4.98. The summed E-state index contributed by atoms with van der Waals surface area (Å²) in [5.41, 5.74) is 1.39. The smallest absolute Gasteiger partial charge is 0.247 e. The topological polar surface area (TPSA) is 49.4 Å². The first-order valence-electron chi connectivity index (χ1n) is 8.73. The summed E-state index contributed by atoms with van der Waals surface area (Å²) >= 11 is 11.9. The zero-order chi connectivity index (χ0) is 19.4. The normalized spacial score (nSPS) is 16.4. The molecular formula is C20H19Cl2FN2O2. The molecule has 0 aromatic heterocycles. The van der Waals surface area contributed by atoms with Crippen LogP contribution in [-0.4, -0.2) is 29.3 Å². The van der Waals surface area contributed by atoms with Crippen LogP contribution in [0, 0.1) is 5.82 Å². The van der Waals surface area contributed by atoms with Crippen molar-refractivity contribution in [3.8, 4) is 0 Å². The Morgan fingerprint density at radius 1 is 1.11 bits per heavy atom. The number of nitrogens with zero attached hydrogens (tertiary/aromatic N) is 1. The summed E-state index contributed by atoms with van der Waals surface area (Å²) < 4.78 is 13.0. The number of hydrogen-bond acceptors (Lipinski definition) is 2. The van der Waals surface area contributed by atoms with E-state index in [1.807, 2.05) is 0 Å². The number of rotatable bonds is 5. The van der Waals surface area contributed by atoms with Gasteiger partial charge < -0.3 is 10.2 Å². The SMILES string of the molecule is O=C(Nc1cc(Cl)cc(Cl)c1)C1CCCN1C(=O)CCc1ccc(F)cc1. The number of carbonyl (C=O) groups is 2. The number of aryl methyl sites for hydroxylation is 1. The van der Waals surface area contributed by atoms with Crippen molar-refractivity contribution in [2.24, 2.45) is 0 Å². The Balaban J connectivity index is 1.60. The van der Waals surface area contributed by atoms with Gasteiger partial charge in [-0.2, -0.15) is 0 Å². The summed E-state index contributed by atoms with van der Waals surface area (Å²) in [7, 11) is 0. The lowest BCUT2D eigenvalue weighted by molar-refractivity contribution is -0.136. The van der Waals surface area contributed by atoms with Crippen LogP contribution in [0.5, 0.6) is 0 Å². The first-order chi connectivity index (χ1) is 12.9. The van der Waals surface area contributed by atoms with Crippen molar-refractivity contribution in [3.05, 3.63) is 63.9 Å². The van der Waals surface area contributed by atoms with Crippen molar-refractivity contribution in [1.29, 1.82) is 0 Å². The maximum Gasteiger partial charge on any atom is 0.247 e. The Bertz CT molecular complexity index is 822. The predicted octanol–water partition coefficient (Wildman–Crippen LogP) is 4.69. The van der Waals surface area contributed by atoms with Gasteiger partial charge in [-0.3, -0.25) is 9.59 Å². The highest BCUT2D eigenvalue weighted by Crippen LogP contribution is 2.25. The van der Waals surface area contributed by atoms with Gasteiger partial charge in [0.25, 0.3) is 0 Å². The molecule has 7 heteroatoms. The number of likely N-dealkylation sites (tertiary alicyclic amines) is 1. The van der Waals surface area contributed by atoms with Crippen molar-refractivity contribution >= 4 is 40.7 Å². The van der Waals surface area contributed by atoms with E-state index in [9.17, 15) is 14.0 Å². The molecule has 0 bridgehead atoms. The van der Waals surface area contributed by atoms with Crippen LogP contribution in [0.25, 0.3) is 0 Å². The van der Waals surface area contributed by atoms with E-state index in [4.69, 9.17) is 23.2 Å². The van der Waals surface area contributed by atoms with Crippen LogP contribution in [0.3, 0.4) is 0 Å². The first kappa shape index (κ1) is 19.6. The highest BCUT2D eigenvalue weighted by Gasteiger charge is 2.33. The number of carbonyl (C=O) groups excluding carboxylic acids is 2. The third-order valence-electron chi connectivity index (χ3n) is 4.55. The van der Waals surface area contributed by atoms with Gasteiger partial charge in [0, 0.05) is 28.7 Å². The molecule has 3 rings (SSSR count). The molecule has 0 spiro atoms. The monoisotopic (exact) mass is 408 g/mol. The molecule has 1 saturated heterocycles. The minimum atomic E-state index is -0.511. The van der Waals surface area contributed by atoms with Crippen LogP contribution < -0.4 is 5.32 Å². The molecule has 1 atom stereocenters. The quantitative estimate of drug-likeness (QED) is 0.779. The Kier molecular flexibility index (Phi) is 6.34. The van der Waals surface area contributed by atoms with Gasteiger partial charge in [0.15, 0.2) is 0 Å². The van der Waals surface area contributed by atoms with Crippen LogP contribution in [0.15, 0.2) is 42.5 Å². The van der Waals surface area contributed by atoms with Crippen LogP contribution in [-0.2, 0) is 16.0 Å². The van der Waals surface area contributed by atoms with Gasteiger partial charge in [-0.05, 0) is 55.2 Å². The zero-order valence-corrected chi connectivity index (χ0v) is 16.1. The molecule has 0 aliphatic carbocycles. The Morgan fingerprint density at radius 3 is 2.44 bits per heavy atom. The molecule has 1 fully saturated rings. The third kappa shape index (κ3) is 5.21. The average Bonchev–Trinajstić information content (AvgIpc) is 3.10. The summed E-state index contributed by atoms with van der Waals surface area (Å²) in [5.74, 6) is -0.635. The molecule has 27 heavy (non-hydrogen) atoms. The van der Waals surface area contributed by atoms with E-state index in [1.54, 1.807) is 35.2 Å². The minimum Gasteiger partial charge on any atom is -0.331 e. The van der Waals surface area contributed by atoms with Gasteiger partial charge in [0.05, 0.1) is 0 Å².